The van der Waals surface area contributed by atoms with E-state index in [9.17, 15) is 4.79 Å². The van der Waals surface area contributed by atoms with Crippen molar-refractivity contribution in [1.29, 1.82) is 0 Å². The summed E-state index contributed by atoms with van der Waals surface area (Å²) < 4.78 is 0.837. The third-order valence-corrected chi connectivity index (χ3v) is 6.23. The van der Waals surface area contributed by atoms with Crippen molar-refractivity contribution in [2.24, 2.45) is 0 Å². The molecule has 25 heavy (non-hydrogen) atoms. The van der Waals surface area contributed by atoms with Gasteiger partial charge in [0.1, 0.15) is 0 Å². The van der Waals surface area contributed by atoms with Crippen LogP contribution in [-0.2, 0) is 11.3 Å². The largest absolute Gasteiger partial charge is 0.357 e. The van der Waals surface area contributed by atoms with Gasteiger partial charge in [0, 0.05) is 12.6 Å². The first-order valence-electron chi connectivity index (χ1n) is 8.74. The highest BCUT2D eigenvalue weighted by Crippen LogP contribution is 2.28. The normalized spacial score (nSPS) is 15.1. The predicted molar refractivity (Wildman–Crippen MR) is 104 cm³/mol. The van der Waals surface area contributed by atoms with Crippen molar-refractivity contribution in [3.63, 3.8) is 0 Å². The summed E-state index contributed by atoms with van der Waals surface area (Å²) >= 11 is 2.98. The third-order valence-electron chi connectivity index (χ3n) is 4.24. The summed E-state index contributed by atoms with van der Waals surface area (Å²) in [5.74, 6) is 0.382. The molecule has 0 bridgehead atoms. The Morgan fingerprint density at radius 1 is 1.28 bits per heavy atom. The van der Waals surface area contributed by atoms with E-state index in [0.717, 1.165) is 15.0 Å². The van der Waals surface area contributed by atoms with Crippen molar-refractivity contribution >= 4 is 34.1 Å². The Hall–Kier alpha value is -1.60. The molecule has 1 amide bonds. The summed E-state index contributed by atoms with van der Waals surface area (Å²) in [4.78, 5) is 12.0. The van der Waals surface area contributed by atoms with Gasteiger partial charge in [0.2, 0.25) is 11.0 Å². The van der Waals surface area contributed by atoms with E-state index in [1.54, 1.807) is 0 Å². The van der Waals surface area contributed by atoms with Gasteiger partial charge in [-0.3, -0.25) is 4.79 Å². The minimum atomic E-state index is 0.0171. The molecule has 134 valence electrons. The number of anilines is 1. The first kappa shape index (κ1) is 18.2. The highest BCUT2D eigenvalue weighted by atomic mass is 32.2. The molecule has 5 nitrogen and oxygen atoms in total. The van der Waals surface area contributed by atoms with Crippen LogP contribution in [0.25, 0.3) is 0 Å². The molecule has 0 spiro atoms. The molecular formula is C18H24N4OS2. The number of benzene rings is 1. The van der Waals surface area contributed by atoms with Gasteiger partial charge < -0.3 is 10.6 Å². The fourth-order valence-electron chi connectivity index (χ4n) is 2.95. The van der Waals surface area contributed by atoms with Crippen LogP contribution in [0.5, 0.6) is 0 Å². The topological polar surface area (TPSA) is 66.9 Å². The van der Waals surface area contributed by atoms with Gasteiger partial charge in [-0.1, -0.05) is 72.2 Å². The maximum Gasteiger partial charge on any atom is 0.230 e. The van der Waals surface area contributed by atoms with Crippen LogP contribution >= 0.6 is 23.1 Å². The molecule has 1 aromatic carbocycles. The summed E-state index contributed by atoms with van der Waals surface area (Å²) in [6.07, 6.45) is 6.35. The van der Waals surface area contributed by atoms with Crippen molar-refractivity contribution in [3.8, 4) is 0 Å². The maximum absolute atomic E-state index is 12.0. The zero-order valence-corrected chi connectivity index (χ0v) is 16.1. The van der Waals surface area contributed by atoms with Gasteiger partial charge in [-0.25, -0.2) is 0 Å². The Morgan fingerprint density at radius 3 is 2.92 bits per heavy atom. The number of amides is 1. The molecule has 2 N–H and O–H groups in total. The lowest BCUT2D eigenvalue weighted by molar-refractivity contribution is -0.118. The second kappa shape index (κ2) is 9.20. The monoisotopic (exact) mass is 376 g/mol. The van der Waals surface area contributed by atoms with E-state index in [1.807, 2.05) is 12.1 Å². The van der Waals surface area contributed by atoms with Gasteiger partial charge in [0.15, 0.2) is 4.34 Å². The average Bonchev–Trinajstić information content (AvgIpc) is 3.06. The lowest BCUT2D eigenvalue weighted by atomic mass is 9.96. The Morgan fingerprint density at radius 2 is 2.12 bits per heavy atom. The molecule has 1 saturated carbocycles. The second-order valence-electron chi connectivity index (χ2n) is 6.41. The number of carbonyl (C=O) groups excluding carboxylic acids is 1. The summed E-state index contributed by atoms with van der Waals surface area (Å²) in [6, 6.07) is 8.69. The molecule has 1 aliphatic rings. The number of thioether (sulfide) groups is 1. The first-order chi connectivity index (χ1) is 12.2. The molecule has 1 aliphatic carbocycles. The number of hydrogen-bond acceptors (Lipinski definition) is 6. The van der Waals surface area contributed by atoms with Crippen LogP contribution in [0.1, 0.15) is 43.2 Å². The van der Waals surface area contributed by atoms with Gasteiger partial charge >= 0.3 is 0 Å². The van der Waals surface area contributed by atoms with Crippen LogP contribution in [0.3, 0.4) is 0 Å². The van der Waals surface area contributed by atoms with Crippen LogP contribution < -0.4 is 10.6 Å². The smallest absolute Gasteiger partial charge is 0.230 e. The van der Waals surface area contributed by atoms with E-state index < -0.39 is 0 Å². The molecule has 1 aromatic heterocycles. The van der Waals surface area contributed by atoms with Crippen LogP contribution in [0.15, 0.2) is 28.6 Å². The number of aryl methyl sites for hydroxylation is 1. The summed E-state index contributed by atoms with van der Waals surface area (Å²) in [7, 11) is 0. The number of nitrogens with zero attached hydrogens (tertiary/aromatic N) is 2. The van der Waals surface area contributed by atoms with Crippen LogP contribution in [0.2, 0.25) is 0 Å². The van der Waals surface area contributed by atoms with E-state index in [0.29, 0.717) is 18.3 Å². The number of hydrogen-bond donors (Lipinski definition) is 2. The van der Waals surface area contributed by atoms with E-state index in [2.05, 4.69) is 39.9 Å². The van der Waals surface area contributed by atoms with E-state index in [-0.39, 0.29) is 5.91 Å². The van der Waals surface area contributed by atoms with Gasteiger partial charge in [0.25, 0.3) is 0 Å². The Balaban J connectivity index is 1.40. The molecule has 1 heterocycles. The number of carbonyl (C=O) groups is 1. The van der Waals surface area contributed by atoms with E-state index in [1.165, 1.54) is 60.8 Å². The molecule has 2 aromatic rings. The van der Waals surface area contributed by atoms with Crippen LogP contribution in [0.4, 0.5) is 5.13 Å². The molecule has 3 rings (SSSR count). The molecule has 0 radical (unpaired) electrons. The molecule has 0 unspecified atom stereocenters. The lowest BCUT2D eigenvalue weighted by Gasteiger charge is -2.21. The minimum Gasteiger partial charge on any atom is -0.357 e. The Kier molecular flexibility index (Phi) is 6.69. The molecule has 0 aliphatic heterocycles. The molecule has 7 heteroatoms. The van der Waals surface area contributed by atoms with Crippen LogP contribution in [0, 0.1) is 6.92 Å². The summed E-state index contributed by atoms with van der Waals surface area (Å²) in [6.45, 7) is 2.61. The maximum atomic E-state index is 12.0. The second-order valence-corrected chi connectivity index (χ2v) is 8.61. The summed E-state index contributed by atoms with van der Waals surface area (Å²) in [5, 5.41) is 15.7. The standard InChI is InChI=1S/C18H24N4OS2/c1-13-6-5-7-14(10-13)11-19-16(23)12-24-18-22-21-17(25-18)20-15-8-3-2-4-9-15/h5-7,10,15H,2-4,8-9,11-12H2,1H3,(H,19,23)(H,20,21). The van der Waals surface area contributed by atoms with Crippen molar-refractivity contribution in [2.75, 3.05) is 11.1 Å². The Labute approximate surface area is 157 Å². The quantitative estimate of drug-likeness (QED) is 0.715. The SMILES string of the molecule is Cc1cccc(CNC(=O)CSc2nnc(NC3CCCCC3)s2)c1. The number of nitrogens with one attached hydrogen (secondary N) is 2. The number of aromatic nitrogens is 2. The van der Waals surface area contributed by atoms with Gasteiger partial charge in [-0.05, 0) is 25.3 Å². The third kappa shape index (κ3) is 6.01. The first-order valence-corrected chi connectivity index (χ1v) is 10.5. The molecule has 1 fully saturated rings. The van der Waals surface area contributed by atoms with Gasteiger partial charge in [-0.15, -0.1) is 10.2 Å². The Bertz CT molecular complexity index is 698. The van der Waals surface area contributed by atoms with Gasteiger partial charge in [-0.2, -0.15) is 0 Å². The highest BCUT2D eigenvalue weighted by Gasteiger charge is 2.15. The minimum absolute atomic E-state index is 0.0171. The van der Waals surface area contributed by atoms with Gasteiger partial charge in [0.05, 0.1) is 5.75 Å². The van der Waals surface area contributed by atoms with E-state index >= 15 is 0 Å². The van der Waals surface area contributed by atoms with Crippen molar-refractivity contribution in [3.05, 3.63) is 35.4 Å². The lowest BCUT2D eigenvalue weighted by Crippen LogP contribution is -2.24. The van der Waals surface area contributed by atoms with E-state index in [4.69, 9.17) is 0 Å². The van der Waals surface area contributed by atoms with Crippen molar-refractivity contribution in [1.82, 2.24) is 15.5 Å². The average molecular weight is 377 g/mol. The highest BCUT2D eigenvalue weighted by molar-refractivity contribution is 8.01. The number of rotatable bonds is 7. The molecular weight excluding hydrogens is 352 g/mol. The van der Waals surface area contributed by atoms with Crippen molar-refractivity contribution < 1.29 is 4.79 Å². The molecule has 0 atom stereocenters. The fourth-order valence-corrected chi connectivity index (χ4v) is 4.61. The van der Waals surface area contributed by atoms with Crippen LogP contribution in [-0.4, -0.2) is 27.9 Å². The zero-order chi connectivity index (χ0) is 17.5. The van der Waals surface area contributed by atoms with Crippen molar-refractivity contribution in [2.45, 2.75) is 56.0 Å². The fraction of sp³-hybridized carbons (Fsp3) is 0.500. The summed E-state index contributed by atoms with van der Waals surface area (Å²) in [5.41, 5.74) is 2.32. The molecule has 0 saturated heterocycles. The zero-order valence-electron chi connectivity index (χ0n) is 14.5. The predicted octanol–water partition coefficient (Wildman–Crippen LogP) is 4.00.